The molecule has 0 saturated carbocycles. The third-order valence-electron chi connectivity index (χ3n) is 3.92. The van der Waals surface area contributed by atoms with Crippen molar-refractivity contribution in [2.24, 2.45) is 21.5 Å². The fourth-order valence-electron chi connectivity index (χ4n) is 2.51. The summed E-state index contributed by atoms with van der Waals surface area (Å²) in [7, 11) is 0. The Hall–Kier alpha value is -2.26. The number of nitrogens with zero attached hydrogens (tertiary/aromatic N) is 3. The average Bonchev–Trinajstić information content (AvgIpc) is 2.66. The summed E-state index contributed by atoms with van der Waals surface area (Å²) < 4.78 is 14.3. The van der Waals surface area contributed by atoms with Gasteiger partial charge in [-0.15, -0.1) is 0 Å². The van der Waals surface area contributed by atoms with Crippen LogP contribution in [0.3, 0.4) is 0 Å². The summed E-state index contributed by atoms with van der Waals surface area (Å²) >= 11 is 1.18. The van der Waals surface area contributed by atoms with Crippen molar-refractivity contribution >= 4 is 35.0 Å². The molecule has 1 aromatic carbocycles. The Morgan fingerprint density at radius 1 is 1.50 bits per heavy atom. The number of amides is 1. The molecule has 2 aliphatic rings. The van der Waals surface area contributed by atoms with Gasteiger partial charge in [-0.1, -0.05) is 11.8 Å². The number of rotatable bonds is 2. The second-order valence-electron chi connectivity index (χ2n) is 5.62. The molecule has 2 heterocycles. The Kier molecular flexibility index (Phi) is 4.14. The first-order valence-corrected chi connectivity index (χ1v) is 8.09. The first-order valence-electron chi connectivity index (χ1n) is 7.27. The van der Waals surface area contributed by atoms with Crippen molar-refractivity contribution < 1.29 is 14.0 Å². The summed E-state index contributed by atoms with van der Waals surface area (Å²) in [6.07, 6.45) is 0.797. The molecule has 3 rings (SSSR count). The number of ketones is 1. The quantitative estimate of drug-likeness (QED) is 0.819. The number of benzene rings is 1. The minimum atomic E-state index is -1.04. The van der Waals surface area contributed by atoms with E-state index in [0.717, 1.165) is 0 Å². The predicted octanol–water partition coefficient (Wildman–Crippen LogP) is 0.788. The largest absolute Gasteiger partial charge is 0.366 e. The smallest absolute Gasteiger partial charge is 0.248 e. The van der Waals surface area contributed by atoms with Crippen molar-refractivity contribution in [3.8, 4) is 0 Å². The maximum absolute atomic E-state index is 14.3. The molecule has 9 heteroatoms. The monoisotopic (exact) mass is 349 g/mol. The summed E-state index contributed by atoms with van der Waals surface area (Å²) in [5.41, 5.74) is 11.6. The lowest BCUT2D eigenvalue weighted by Crippen LogP contribution is -2.50. The normalized spacial score (nSPS) is 26.6. The van der Waals surface area contributed by atoms with Crippen molar-refractivity contribution in [1.82, 2.24) is 4.90 Å². The Morgan fingerprint density at radius 2 is 2.25 bits per heavy atom. The van der Waals surface area contributed by atoms with Crippen molar-refractivity contribution in [2.45, 2.75) is 24.4 Å². The zero-order valence-corrected chi connectivity index (χ0v) is 13.7. The van der Waals surface area contributed by atoms with Gasteiger partial charge < -0.3 is 11.5 Å². The van der Waals surface area contributed by atoms with Gasteiger partial charge in [0.1, 0.15) is 16.9 Å². The second-order valence-corrected chi connectivity index (χ2v) is 6.99. The highest BCUT2D eigenvalue weighted by Crippen LogP contribution is 2.43. The highest BCUT2D eigenvalue weighted by Gasteiger charge is 2.39. The maximum atomic E-state index is 14.3. The van der Waals surface area contributed by atoms with Crippen LogP contribution in [-0.4, -0.2) is 40.8 Å². The Labute approximate surface area is 142 Å². The third-order valence-corrected chi connectivity index (χ3v) is 5.17. The molecule has 4 N–H and O–H groups in total. The second kappa shape index (κ2) is 5.99. The summed E-state index contributed by atoms with van der Waals surface area (Å²) in [6, 6.07) is 3.90. The highest BCUT2D eigenvalue weighted by molar-refractivity contribution is 8.14. The van der Waals surface area contributed by atoms with Gasteiger partial charge in [0.25, 0.3) is 0 Å². The third kappa shape index (κ3) is 2.80. The van der Waals surface area contributed by atoms with Gasteiger partial charge in [0.05, 0.1) is 6.34 Å². The predicted molar refractivity (Wildman–Crippen MR) is 90.1 cm³/mol. The zero-order chi connectivity index (χ0) is 17.5. The van der Waals surface area contributed by atoms with E-state index in [0.29, 0.717) is 11.7 Å². The minimum absolute atomic E-state index is 0.133. The molecular formula is C15H16FN5O2S. The van der Waals surface area contributed by atoms with E-state index in [2.05, 4.69) is 9.98 Å². The SMILES string of the molecule is C[C@@]1(c2cc(C(N)=O)ccc2F)N=CN2C(=NCCC(=O)C2N)S1. The van der Waals surface area contributed by atoms with Crippen LogP contribution >= 0.6 is 11.8 Å². The van der Waals surface area contributed by atoms with E-state index in [-0.39, 0.29) is 23.3 Å². The van der Waals surface area contributed by atoms with Crippen LogP contribution in [0, 0.1) is 5.82 Å². The van der Waals surface area contributed by atoms with Crippen LogP contribution in [-0.2, 0) is 9.67 Å². The molecule has 1 unspecified atom stereocenters. The number of hydrogen-bond acceptors (Lipinski definition) is 7. The van der Waals surface area contributed by atoms with Crippen LogP contribution in [0.1, 0.15) is 29.3 Å². The molecule has 0 radical (unpaired) electrons. The molecule has 0 aliphatic carbocycles. The number of carbonyl (C=O) groups is 2. The molecule has 0 aromatic heterocycles. The van der Waals surface area contributed by atoms with Crippen molar-refractivity contribution in [2.75, 3.05) is 6.54 Å². The minimum Gasteiger partial charge on any atom is -0.366 e. The highest BCUT2D eigenvalue weighted by atomic mass is 32.2. The van der Waals surface area contributed by atoms with Gasteiger partial charge in [-0.2, -0.15) is 0 Å². The van der Waals surface area contributed by atoms with Crippen LogP contribution < -0.4 is 11.5 Å². The number of Topliss-reactive ketones (excluding diaryl/α,β-unsaturated/α-hetero) is 1. The van der Waals surface area contributed by atoms with E-state index in [1.54, 1.807) is 6.92 Å². The number of aliphatic imine (C=N–C) groups is 2. The molecule has 24 heavy (non-hydrogen) atoms. The van der Waals surface area contributed by atoms with Crippen molar-refractivity contribution in [3.05, 3.63) is 35.1 Å². The van der Waals surface area contributed by atoms with Gasteiger partial charge >= 0.3 is 0 Å². The molecule has 0 saturated heterocycles. The van der Waals surface area contributed by atoms with E-state index < -0.39 is 22.8 Å². The number of halogens is 1. The van der Waals surface area contributed by atoms with E-state index in [4.69, 9.17) is 11.5 Å². The Bertz CT molecular complexity index is 781. The van der Waals surface area contributed by atoms with Gasteiger partial charge in [-0.05, 0) is 25.1 Å². The van der Waals surface area contributed by atoms with Crippen LogP contribution in [0.25, 0.3) is 0 Å². The zero-order valence-electron chi connectivity index (χ0n) is 12.9. The number of hydrogen-bond donors (Lipinski definition) is 2. The van der Waals surface area contributed by atoms with Gasteiger partial charge in [0.2, 0.25) is 5.91 Å². The van der Waals surface area contributed by atoms with E-state index in [1.807, 2.05) is 0 Å². The maximum Gasteiger partial charge on any atom is 0.248 e. The fourth-order valence-corrected chi connectivity index (χ4v) is 3.65. The summed E-state index contributed by atoms with van der Waals surface area (Å²) in [5, 5.41) is 0.495. The van der Waals surface area contributed by atoms with Gasteiger partial charge in [-0.25, -0.2) is 4.39 Å². The molecule has 2 aliphatic heterocycles. The van der Waals surface area contributed by atoms with E-state index in [9.17, 15) is 14.0 Å². The number of carbonyl (C=O) groups excluding carboxylic acids is 2. The van der Waals surface area contributed by atoms with Gasteiger partial charge in [0.15, 0.2) is 11.0 Å². The average molecular weight is 349 g/mol. The van der Waals surface area contributed by atoms with Crippen molar-refractivity contribution in [3.63, 3.8) is 0 Å². The fraction of sp³-hybridized carbons (Fsp3) is 0.333. The lowest BCUT2D eigenvalue weighted by atomic mass is 10.0. The molecule has 1 amide bonds. The Morgan fingerprint density at radius 3 is 2.96 bits per heavy atom. The lowest BCUT2D eigenvalue weighted by Gasteiger charge is -2.35. The van der Waals surface area contributed by atoms with Crippen molar-refractivity contribution in [1.29, 1.82) is 0 Å². The number of primary amides is 1. The molecule has 126 valence electrons. The number of nitrogens with two attached hydrogens (primary N) is 2. The lowest BCUT2D eigenvalue weighted by molar-refractivity contribution is -0.121. The van der Waals surface area contributed by atoms with Crippen LogP contribution in [0.2, 0.25) is 0 Å². The van der Waals surface area contributed by atoms with Crippen LogP contribution in [0.5, 0.6) is 0 Å². The molecular weight excluding hydrogens is 333 g/mol. The molecule has 0 bridgehead atoms. The molecule has 2 atom stereocenters. The Balaban J connectivity index is 2.04. The van der Waals surface area contributed by atoms with E-state index >= 15 is 0 Å². The summed E-state index contributed by atoms with van der Waals surface area (Å²) in [6.45, 7) is 2.02. The number of fused-ring (bicyclic) bond motifs is 1. The molecule has 7 nitrogen and oxygen atoms in total. The number of thioether (sulfide) groups is 1. The van der Waals surface area contributed by atoms with Crippen LogP contribution in [0.15, 0.2) is 28.2 Å². The standard InChI is InChI=1S/C15H16FN5O2S/c1-15(9-6-8(13(18)23)2-3-10(9)16)20-7-21-12(17)11(22)4-5-19-14(21)24-15/h2-3,6-7,12H,4-5,17H2,1H3,(H2,18,23)/t12?,15-/m1/s1. The molecule has 0 spiro atoms. The molecule has 1 aromatic rings. The first-order chi connectivity index (χ1) is 11.3. The summed E-state index contributed by atoms with van der Waals surface area (Å²) in [5.74, 6) is -1.29. The number of amidine groups is 1. The summed E-state index contributed by atoms with van der Waals surface area (Å²) in [4.78, 5) is 32.4. The van der Waals surface area contributed by atoms with E-state index in [1.165, 1.54) is 41.2 Å². The van der Waals surface area contributed by atoms with Crippen LogP contribution in [0.4, 0.5) is 4.39 Å². The van der Waals surface area contributed by atoms with Gasteiger partial charge in [0, 0.05) is 24.1 Å². The van der Waals surface area contributed by atoms with Gasteiger partial charge in [-0.3, -0.25) is 24.5 Å². The topological polar surface area (TPSA) is 114 Å². The first kappa shape index (κ1) is 16.6. The molecule has 0 fully saturated rings.